The minimum Gasteiger partial charge on any atom is -0.480 e. The molecule has 0 bridgehead atoms. The lowest BCUT2D eigenvalue weighted by molar-refractivity contribution is -0.150. The number of aliphatic carboxylic acids is 7. The summed E-state index contributed by atoms with van der Waals surface area (Å²) in [5, 5.41) is 67.2. The van der Waals surface area contributed by atoms with Crippen LogP contribution in [0, 0.1) is 0 Å². The van der Waals surface area contributed by atoms with Crippen LogP contribution in [0.5, 0.6) is 11.5 Å². The highest BCUT2D eigenvalue weighted by Gasteiger charge is 2.18. The number of nitrogens with one attached hydrogen (secondary N) is 1. The molecular weight excluding hydrogens is 1380 g/mol. The average molecular weight is 1460 g/mol. The largest absolute Gasteiger partial charge is 0.480 e. The van der Waals surface area contributed by atoms with Gasteiger partial charge in [-0.25, -0.2) is 29.0 Å². The Bertz CT molecular complexity index is 3870. The van der Waals surface area contributed by atoms with E-state index >= 15 is 0 Å². The van der Waals surface area contributed by atoms with Crippen LogP contribution in [0.4, 0.5) is 5.69 Å². The minimum absolute atomic E-state index is 0.215. The van der Waals surface area contributed by atoms with Gasteiger partial charge in [-0.05, 0) is 144 Å². The molecule has 0 fully saturated rings. The number of fused-ring (bicyclic) bond motifs is 2. The van der Waals surface area contributed by atoms with Gasteiger partial charge in [0.2, 0.25) is 0 Å². The third-order valence-electron chi connectivity index (χ3n) is 12.7. The smallest absolute Gasteiger partial charge is 0.344 e. The van der Waals surface area contributed by atoms with E-state index in [2.05, 4.69) is 15.3 Å². The molecule has 0 radical (unpaired) electrons. The zero-order valence-corrected chi connectivity index (χ0v) is 58.2. The molecule has 8 N–H and O–H groups in total. The summed E-state index contributed by atoms with van der Waals surface area (Å²) in [7, 11) is 0. The molecule has 2 heterocycles. The number of carboxylic acids is 7. The summed E-state index contributed by atoms with van der Waals surface area (Å²) in [4.78, 5) is 82.4. The van der Waals surface area contributed by atoms with E-state index in [1.165, 1.54) is 45.7 Å². The van der Waals surface area contributed by atoms with Gasteiger partial charge in [-0.15, -0.1) is 11.8 Å². The molecule has 2 aromatic heterocycles. The van der Waals surface area contributed by atoms with Gasteiger partial charge in [0.25, 0.3) is 0 Å². The Morgan fingerprint density at radius 3 is 1.36 bits per heavy atom. The molecule has 6 atom stereocenters. The molecule has 526 valence electrons. The second kappa shape index (κ2) is 45.9. The van der Waals surface area contributed by atoms with Crippen LogP contribution >= 0.6 is 58.2 Å². The Hall–Kier alpha value is -9.56. The number of carboxylic acid groups (broad SMARTS) is 7. The van der Waals surface area contributed by atoms with Crippen molar-refractivity contribution in [1.29, 1.82) is 0 Å². The average Bonchev–Trinajstić information content (AvgIpc) is 0.818. The van der Waals surface area contributed by atoms with Crippen LogP contribution in [0.2, 0.25) is 20.2 Å². The quantitative estimate of drug-likeness (QED) is 0.0150. The van der Waals surface area contributed by atoms with Crippen molar-refractivity contribution >= 4 is 127 Å². The lowest BCUT2D eigenvalue weighted by Gasteiger charge is -2.12. The first-order valence-electron chi connectivity index (χ1n) is 29.9. The number of hydrogen-bond acceptors (Lipinski definition) is 16. The maximum absolute atomic E-state index is 10.7. The van der Waals surface area contributed by atoms with Crippen molar-refractivity contribution in [2.75, 3.05) is 18.5 Å². The second-order valence-corrected chi connectivity index (χ2v) is 23.7. The van der Waals surface area contributed by atoms with Crippen LogP contribution in [0.15, 0.2) is 205 Å². The van der Waals surface area contributed by atoms with E-state index < -0.39 is 77.5 Å². The molecule has 27 heteroatoms. The Morgan fingerprint density at radius 2 is 0.879 bits per heavy atom. The highest BCUT2D eigenvalue weighted by molar-refractivity contribution is 8.00. The van der Waals surface area contributed by atoms with Crippen molar-refractivity contribution in [3.63, 3.8) is 0 Å². The van der Waals surface area contributed by atoms with E-state index in [9.17, 15) is 33.6 Å². The van der Waals surface area contributed by atoms with Crippen molar-refractivity contribution < 1.29 is 93.0 Å². The van der Waals surface area contributed by atoms with Gasteiger partial charge in [-0.2, -0.15) is 0 Å². The fourth-order valence-electron chi connectivity index (χ4n) is 7.24. The van der Waals surface area contributed by atoms with Gasteiger partial charge in [0, 0.05) is 48.0 Å². The zero-order chi connectivity index (χ0) is 73.4. The van der Waals surface area contributed by atoms with Gasteiger partial charge in [0.05, 0.1) is 31.5 Å². The van der Waals surface area contributed by atoms with E-state index in [1.807, 2.05) is 121 Å². The number of rotatable bonds is 25. The van der Waals surface area contributed by atoms with Crippen molar-refractivity contribution in [2.45, 2.75) is 102 Å². The number of para-hydroxylation sites is 1. The Balaban J connectivity index is 0.000000301. The first kappa shape index (κ1) is 83.7. The predicted octanol–water partition coefficient (Wildman–Crippen LogP) is 15.3. The minimum atomic E-state index is -1.02. The first-order valence-corrected chi connectivity index (χ1v) is 32.3. The number of carbonyl (C=O) groups is 7. The number of thioether (sulfide) groups is 1. The van der Waals surface area contributed by atoms with Crippen molar-refractivity contribution in [3.05, 3.63) is 237 Å². The summed E-state index contributed by atoms with van der Waals surface area (Å²) < 4.78 is 25.7. The summed E-state index contributed by atoms with van der Waals surface area (Å²) in [6.45, 7) is 10.1. The number of aromatic nitrogens is 2. The maximum Gasteiger partial charge on any atom is 0.344 e. The maximum atomic E-state index is 10.7. The predicted molar refractivity (Wildman–Crippen MR) is 381 cm³/mol. The molecule has 9 rings (SSSR count). The topological polar surface area (TPSA) is 345 Å². The van der Waals surface area contributed by atoms with E-state index in [4.69, 9.17) is 106 Å². The molecule has 99 heavy (non-hydrogen) atoms. The van der Waals surface area contributed by atoms with Gasteiger partial charge < -0.3 is 64.7 Å². The summed E-state index contributed by atoms with van der Waals surface area (Å²) in [6.07, 6.45) is 0.461. The summed E-state index contributed by atoms with van der Waals surface area (Å²) in [6, 6.07) is 56.2. The lowest BCUT2D eigenvalue weighted by atomic mass is 10.1. The van der Waals surface area contributed by atoms with Crippen LogP contribution in [-0.4, -0.2) is 136 Å². The molecule has 0 spiro atoms. The normalized spacial score (nSPS) is 12.0. The molecule has 2 unspecified atom stereocenters. The van der Waals surface area contributed by atoms with Crippen LogP contribution in [0.25, 0.3) is 21.7 Å². The van der Waals surface area contributed by atoms with Crippen molar-refractivity contribution in [2.24, 2.45) is 0 Å². The van der Waals surface area contributed by atoms with E-state index in [1.54, 1.807) is 86.8 Å². The van der Waals surface area contributed by atoms with Gasteiger partial charge in [-0.1, -0.05) is 156 Å². The summed E-state index contributed by atoms with van der Waals surface area (Å²) in [5.74, 6) is -5.55. The van der Waals surface area contributed by atoms with Gasteiger partial charge in [0.15, 0.2) is 24.4 Å². The van der Waals surface area contributed by atoms with Gasteiger partial charge >= 0.3 is 41.8 Å². The third kappa shape index (κ3) is 34.5. The molecule has 0 aliphatic rings. The summed E-state index contributed by atoms with van der Waals surface area (Å²) in [5.41, 5.74) is 4.59. The molecule has 0 aliphatic carbocycles. The van der Waals surface area contributed by atoms with E-state index in [0.29, 0.717) is 44.9 Å². The van der Waals surface area contributed by atoms with Crippen LogP contribution in [0.3, 0.4) is 0 Å². The molecule has 7 aromatic carbocycles. The second-order valence-electron chi connectivity index (χ2n) is 20.6. The van der Waals surface area contributed by atoms with Crippen LogP contribution in [0.1, 0.15) is 58.2 Å². The van der Waals surface area contributed by atoms with Crippen molar-refractivity contribution in [3.8, 4) is 11.5 Å². The Morgan fingerprint density at radius 1 is 0.444 bits per heavy atom. The third-order valence-corrected chi connectivity index (χ3v) is 14.9. The number of anilines is 1. The molecular formula is C72H75Cl4N3O19S. The highest BCUT2D eigenvalue weighted by Crippen LogP contribution is 2.30. The van der Waals surface area contributed by atoms with Gasteiger partial charge in [0.1, 0.15) is 34.6 Å². The number of benzene rings is 7. The number of halogens is 4. The fourth-order valence-corrected chi connectivity index (χ4v) is 8.63. The van der Waals surface area contributed by atoms with Crippen LogP contribution in [-0.2, 0) is 67.4 Å². The number of nitrogens with zero attached hydrogens (tertiary/aromatic N) is 2. The SMILES string of the molecule is CC(OCc1ccccc1)C(=O)O.CC(Sc1ccc(Cl)cc1)C(=O)O.C[C@H](Nc1ccc(Cl)cc1)C(=O)O.C[C@H](OCc1ccc(Cl)cc1)C(=O)O.C[C@H](Oc1ccnc2ccccc12)C(=O)O.C[C@H](Oc1cnc(Cl)c2ccccc12)C(=O)O.O=C(O)COCCc1ccccc1. The molecule has 0 saturated carbocycles. The molecule has 22 nitrogen and oxygen atoms in total. The molecule has 9 aromatic rings. The van der Waals surface area contributed by atoms with E-state index in [-0.39, 0.29) is 13.2 Å². The molecule has 0 aliphatic heterocycles. The molecule has 0 saturated heterocycles. The Kier molecular flexibility index (Phi) is 38.7. The number of hydrogen-bond donors (Lipinski definition) is 8. The monoisotopic (exact) mass is 1460 g/mol. The zero-order valence-electron chi connectivity index (χ0n) is 54.4. The number of ether oxygens (including phenoxy) is 5. The van der Waals surface area contributed by atoms with Crippen molar-refractivity contribution in [1.82, 2.24) is 9.97 Å². The number of pyridine rings is 2. The Labute approximate surface area is 596 Å². The first-order chi connectivity index (χ1) is 47.0. The molecule has 0 amide bonds. The lowest BCUT2D eigenvalue weighted by Crippen LogP contribution is -2.25. The fraction of sp³-hybridized carbons (Fsp3) is 0.236. The van der Waals surface area contributed by atoms with Gasteiger partial charge in [-0.3, -0.25) is 14.6 Å². The van der Waals surface area contributed by atoms with Crippen LogP contribution < -0.4 is 14.8 Å². The summed E-state index contributed by atoms with van der Waals surface area (Å²) >= 11 is 24.3. The standard InChI is InChI=1S/C12H10ClNO3.C12H11NO3.C10H11ClO3.2C10H12O3.C9H10ClNO2.C9H9ClO2S/c1-7(12(15)16)17-10-6-14-11(13)9-5-3-2-4-8(9)10;1-8(12(14)15)16-11-6-7-13-10-5-3-2-4-9(10)11;1-7(10(12)13)14-6-8-2-4-9(11)5-3-8;1-8(10(11)12)13-7-9-5-3-2-4-6-9;11-10(12)8-13-7-6-9-4-2-1-3-5-9;1-6(9(12)13)11-8-4-2-7(10)3-5-8;1-6(9(11)12)13-8-4-2-7(10)3-5-8/h2-7H,1H3,(H,15,16);2-8H,1H3,(H,14,15);2-5,7H,6H2,1H3,(H,12,13);2-6,8H,7H2,1H3,(H,11,12);1-5H,6-8H2,(H,11,12);2-6,11H,1H3,(H,12,13);2-6H,1H3,(H,11,12)/t7-;8-;7-;;;6-;/m000..0./s1. The highest BCUT2D eigenvalue weighted by atomic mass is 35.5. The van der Waals surface area contributed by atoms with E-state index in [0.717, 1.165) is 55.4 Å².